The van der Waals surface area contributed by atoms with Crippen molar-refractivity contribution in [2.45, 2.75) is 56.0 Å². The van der Waals surface area contributed by atoms with Crippen LogP contribution in [-0.4, -0.2) is 26.8 Å². The van der Waals surface area contributed by atoms with Crippen LogP contribution in [-0.2, 0) is 11.8 Å². The first-order valence-corrected chi connectivity index (χ1v) is 10.7. The van der Waals surface area contributed by atoms with Gasteiger partial charge in [0, 0.05) is 13.1 Å². The summed E-state index contributed by atoms with van der Waals surface area (Å²) in [6.07, 6.45) is 5.30. The Hall–Kier alpha value is -1.82. The van der Waals surface area contributed by atoms with Gasteiger partial charge in [0.2, 0.25) is 5.91 Å². The second-order valence-corrected chi connectivity index (χ2v) is 9.48. The minimum absolute atomic E-state index is 0.0256. The molecule has 0 radical (unpaired) electrons. The summed E-state index contributed by atoms with van der Waals surface area (Å²) in [5.74, 6) is 2.31. The van der Waals surface area contributed by atoms with Gasteiger partial charge in [-0.25, -0.2) is 4.98 Å². The number of fused-ring (bicyclic) bond motifs is 3. The van der Waals surface area contributed by atoms with Crippen LogP contribution in [0.4, 0.5) is 0 Å². The van der Waals surface area contributed by atoms with Gasteiger partial charge in [0.1, 0.15) is 0 Å². The molecule has 4 rings (SSSR count). The summed E-state index contributed by atoms with van der Waals surface area (Å²) in [6, 6.07) is 7.54. The lowest BCUT2D eigenvalue weighted by Crippen LogP contribution is -2.43. The third kappa shape index (κ3) is 3.51. The van der Waals surface area contributed by atoms with Crippen LogP contribution in [0, 0.1) is 17.8 Å². The predicted octanol–water partition coefficient (Wildman–Crippen LogP) is 3.36. The highest BCUT2D eigenvalue weighted by atomic mass is 32.2. The van der Waals surface area contributed by atoms with E-state index < -0.39 is 0 Å². The molecule has 2 aliphatic carbocycles. The molecule has 5 nitrogen and oxygen atoms in total. The third-order valence-corrected chi connectivity index (χ3v) is 7.54. The molecule has 27 heavy (non-hydrogen) atoms. The van der Waals surface area contributed by atoms with Crippen molar-refractivity contribution in [3.63, 3.8) is 0 Å². The average molecular weight is 386 g/mol. The SMILES string of the molecule is CC(Sc1nc2ccccc2c(=O)n1C)C(=O)NC(C)C1CC2CCC1C2. The maximum atomic E-state index is 12.7. The van der Waals surface area contributed by atoms with E-state index in [1.807, 2.05) is 25.1 Å². The van der Waals surface area contributed by atoms with E-state index in [1.54, 1.807) is 13.1 Å². The summed E-state index contributed by atoms with van der Waals surface area (Å²) < 4.78 is 1.54. The first-order chi connectivity index (χ1) is 12.9. The normalized spacial score (nSPS) is 26.3. The van der Waals surface area contributed by atoms with Crippen LogP contribution < -0.4 is 10.9 Å². The van der Waals surface area contributed by atoms with Crippen molar-refractivity contribution in [3.05, 3.63) is 34.6 Å². The lowest BCUT2D eigenvalue weighted by atomic mass is 9.84. The number of aromatic nitrogens is 2. The molecule has 0 spiro atoms. The van der Waals surface area contributed by atoms with E-state index in [2.05, 4.69) is 17.2 Å². The summed E-state index contributed by atoms with van der Waals surface area (Å²) in [4.78, 5) is 29.9. The number of nitrogens with zero attached hydrogens (tertiary/aromatic N) is 2. The number of rotatable bonds is 5. The molecule has 1 N–H and O–H groups in total. The van der Waals surface area contributed by atoms with E-state index in [0.29, 0.717) is 22.0 Å². The largest absolute Gasteiger partial charge is 0.352 e. The number of hydrogen-bond donors (Lipinski definition) is 1. The lowest BCUT2D eigenvalue weighted by molar-refractivity contribution is -0.121. The van der Waals surface area contributed by atoms with Gasteiger partial charge >= 0.3 is 0 Å². The summed E-state index contributed by atoms with van der Waals surface area (Å²) in [7, 11) is 1.71. The average Bonchev–Trinajstić information content (AvgIpc) is 3.29. The highest BCUT2D eigenvalue weighted by Gasteiger charge is 2.42. The van der Waals surface area contributed by atoms with Crippen LogP contribution in [0.25, 0.3) is 10.9 Å². The Morgan fingerprint density at radius 1 is 1.26 bits per heavy atom. The smallest absolute Gasteiger partial charge is 0.261 e. The van der Waals surface area contributed by atoms with Crippen molar-refractivity contribution in [1.29, 1.82) is 0 Å². The van der Waals surface area contributed by atoms with Gasteiger partial charge in [-0.3, -0.25) is 14.2 Å². The fourth-order valence-electron chi connectivity index (χ4n) is 4.87. The Morgan fingerprint density at radius 2 is 2.04 bits per heavy atom. The van der Waals surface area contributed by atoms with Gasteiger partial charge in [0.15, 0.2) is 5.16 Å². The molecule has 5 unspecified atom stereocenters. The molecule has 1 aromatic carbocycles. The molecule has 144 valence electrons. The van der Waals surface area contributed by atoms with Crippen LogP contribution >= 0.6 is 11.8 Å². The summed E-state index contributed by atoms with van der Waals surface area (Å²) >= 11 is 1.35. The summed E-state index contributed by atoms with van der Waals surface area (Å²) in [5, 5.41) is 4.10. The van der Waals surface area contributed by atoms with Gasteiger partial charge in [-0.1, -0.05) is 30.3 Å². The van der Waals surface area contributed by atoms with Crippen LogP contribution in [0.1, 0.15) is 39.5 Å². The number of hydrogen-bond acceptors (Lipinski definition) is 4. The first-order valence-electron chi connectivity index (χ1n) is 9.87. The zero-order valence-corrected chi connectivity index (χ0v) is 17.0. The summed E-state index contributed by atoms with van der Waals surface area (Å²) in [6.45, 7) is 4.03. The highest BCUT2D eigenvalue weighted by Crippen LogP contribution is 2.49. The Balaban J connectivity index is 1.45. The minimum atomic E-state index is -0.301. The number of carbonyl (C=O) groups is 1. The number of thioether (sulfide) groups is 1. The van der Waals surface area contributed by atoms with Crippen molar-refractivity contribution in [2.24, 2.45) is 24.8 Å². The number of carbonyl (C=O) groups excluding carboxylic acids is 1. The molecule has 1 heterocycles. The Labute approximate surface area is 163 Å². The molecular weight excluding hydrogens is 358 g/mol. The lowest BCUT2D eigenvalue weighted by Gasteiger charge is -2.29. The third-order valence-electron chi connectivity index (χ3n) is 6.40. The molecule has 0 saturated heterocycles. The van der Waals surface area contributed by atoms with Crippen LogP contribution in [0.15, 0.2) is 34.2 Å². The fraction of sp³-hybridized carbons (Fsp3) is 0.571. The molecule has 2 saturated carbocycles. The Kier molecular flexibility index (Phi) is 5.01. The van der Waals surface area contributed by atoms with Gasteiger partial charge in [0.05, 0.1) is 16.2 Å². The molecule has 5 atom stereocenters. The van der Waals surface area contributed by atoms with E-state index in [-0.39, 0.29) is 22.8 Å². The molecular formula is C21H27N3O2S. The number of para-hydroxylation sites is 1. The molecule has 2 fully saturated rings. The van der Waals surface area contributed by atoms with E-state index in [0.717, 1.165) is 11.8 Å². The van der Waals surface area contributed by atoms with Gasteiger partial charge in [0.25, 0.3) is 5.56 Å². The van der Waals surface area contributed by atoms with E-state index >= 15 is 0 Å². The first kappa shape index (κ1) is 18.5. The van der Waals surface area contributed by atoms with Crippen molar-refractivity contribution in [2.75, 3.05) is 0 Å². The monoisotopic (exact) mass is 385 g/mol. The molecule has 1 aromatic heterocycles. The van der Waals surface area contributed by atoms with E-state index in [4.69, 9.17) is 0 Å². The number of nitrogens with one attached hydrogen (secondary N) is 1. The second-order valence-electron chi connectivity index (χ2n) is 8.17. The molecule has 6 heteroatoms. The molecule has 2 aliphatic rings. The van der Waals surface area contributed by atoms with Crippen LogP contribution in [0.5, 0.6) is 0 Å². The molecule has 0 aliphatic heterocycles. The maximum absolute atomic E-state index is 12.7. The minimum Gasteiger partial charge on any atom is -0.352 e. The topological polar surface area (TPSA) is 64.0 Å². The van der Waals surface area contributed by atoms with Crippen molar-refractivity contribution >= 4 is 28.6 Å². The standard InChI is InChI=1S/C21H27N3O2S/c1-12(17-11-14-8-9-15(17)10-14)22-19(25)13(2)27-21-23-18-7-5-4-6-16(18)20(26)24(21)3/h4-7,12-15,17H,8-11H2,1-3H3,(H,22,25). The van der Waals surface area contributed by atoms with Gasteiger partial charge < -0.3 is 5.32 Å². The van der Waals surface area contributed by atoms with E-state index in [9.17, 15) is 9.59 Å². The second kappa shape index (κ2) is 7.30. The van der Waals surface area contributed by atoms with Crippen molar-refractivity contribution < 1.29 is 4.79 Å². The molecule has 1 amide bonds. The van der Waals surface area contributed by atoms with Crippen molar-refractivity contribution in [1.82, 2.24) is 14.9 Å². The predicted molar refractivity (Wildman–Crippen MR) is 109 cm³/mol. The number of benzene rings is 1. The fourth-order valence-corrected chi connectivity index (χ4v) is 5.75. The van der Waals surface area contributed by atoms with Gasteiger partial charge in [-0.2, -0.15) is 0 Å². The zero-order valence-electron chi connectivity index (χ0n) is 16.1. The Morgan fingerprint density at radius 3 is 2.74 bits per heavy atom. The highest BCUT2D eigenvalue weighted by molar-refractivity contribution is 8.00. The van der Waals surface area contributed by atoms with Crippen LogP contribution in [0.3, 0.4) is 0 Å². The van der Waals surface area contributed by atoms with Gasteiger partial charge in [-0.15, -0.1) is 0 Å². The van der Waals surface area contributed by atoms with Crippen LogP contribution in [0.2, 0.25) is 0 Å². The van der Waals surface area contributed by atoms with E-state index in [1.165, 1.54) is 42.0 Å². The molecule has 2 bridgehead atoms. The zero-order chi connectivity index (χ0) is 19.1. The van der Waals surface area contributed by atoms with Gasteiger partial charge in [-0.05, 0) is 63.0 Å². The summed E-state index contributed by atoms with van der Waals surface area (Å²) in [5.41, 5.74) is 0.595. The maximum Gasteiger partial charge on any atom is 0.261 e. The van der Waals surface area contributed by atoms with Crippen molar-refractivity contribution in [3.8, 4) is 0 Å². The number of amides is 1. The quantitative estimate of drug-likeness (QED) is 0.633. The Bertz CT molecular complexity index is 925. The molecule has 2 aromatic rings.